The fourth-order valence-electron chi connectivity index (χ4n) is 2.95. The minimum absolute atomic E-state index is 0.0379. The van der Waals surface area contributed by atoms with Crippen molar-refractivity contribution in [1.29, 1.82) is 5.26 Å². The van der Waals surface area contributed by atoms with E-state index in [-0.39, 0.29) is 24.3 Å². The maximum atomic E-state index is 12.3. The molecule has 172 valence electrons. The molecule has 1 aliphatic rings. The number of aromatic nitrogens is 1. The van der Waals surface area contributed by atoms with Crippen LogP contribution in [0.1, 0.15) is 28.9 Å². The molecule has 2 aromatic rings. The summed E-state index contributed by atoms with van der Waals surface area (Å²) in [5.41, 5.74) is 1.04. The number of nitrogens with one attached hydrogen (secondary N) is 2. The van der Waals surface area contributed by atoms with Crippen LogP contribution >= 0.6 is 11.3 Å². The molecular formula is C20H25N5O5S2. The standard InChI is InChI=1S/C19H21N5O2S.CH4O3S/c20-11-15-7-4-10-24(15)17(25)12-21-8-9-22-19-23-16(13-27-19)18(26)14-5-2-1-3-6-14;1-5(2,3)4/h1-3,5-6,13,15,21H,4,7-10,12H2,(H,22,23);1H3,(H,2,3,4)/t15-;/m0./s1. The number of nitrogens with zero attached hydrogens (tertiary/aromatic N) is 3. The van der Waals surface area contributed by atoms with E-state index < -0.39 is 10.1 Å². The summed E-state index contributed by atoms with van der Waals surface area (Å²) in [5.74, 6) is -0.134. The van der Waals surface area contributed by atoms with Crippen LogP contribution < -0.4 is 10.6 Å². The second kappa shape index (κ2) is 12.3. The number of benzene rings is 1. The Kier molecular flexibility index (Phi) is 9.73. The first-order chi connectivity index (χ1) is 15.2. The Morgan fingerprint density at radius 2 is 2.00 bits per heavy atom. The lowest BCUT2D eigenvalue weighted by Crippen LogP contribution is -2.41. The van der Waals surface area contributed by atoms with Crippen LogP contribution in [0.4, 0.5) is 5.13 Å². The Morgan fingerprint density at radius 3 is 2.66 bits per heavy atom. The molecule has 2 heterocycles. The van der Waals surface area contributed by atoms with Crippen molar-refractivity contribution in [2.75, 3.05) is 37.8 Å². The Morgan fingerprint density at radius 1 is 1.31 bits per heavy atom. The molecular weight excluding hydrogens is 454 g/mol. The lowest BCUT2D eigenvalue weighted by atomic mass is 10.1. The Labute approximate surface area is 191 Å². The number of ketones is 1. The van der Waals surface area contributed by atoms with E-state index in [9.17, 15) is 18.0 Å². The number of anilines is 1. The van der Waals surface area contributed by atoms with E-state index in [2.05, 4.69) is 21.7 Å². The summed E-state index contributed by atoms with van der Waals surface area (Å²) < 4.78 is 25.9. The highest BCUT2D eigenvalue weighted by atomic mass is 32.2. The van der Waals surface area contributed by atoms with Crippen molar-refractivity contribution in [3.8, 4) is 6.07 Å². The van der Waals surface area contributed by atoms with Crippen LogP contribution in [-0.4, -0.2) is 73.0 Å². The number of nitriles is 1. The predicted octanol–water partition coefficient (Wildman–Crippen LogP) is 1.39. The first-order valence-electron chi connectivity index (χ1n) is 9.80. The van der Waals surface area contributed by atoms with Gasteiger partial charge in [0.25, 0.3) is 10.1 Å². The number of hydrogen-bond donors (Lipinski definition) is 3. The molecule has 12 heteroatoms. The van der Waals surface area contributed by atoms with Crippen molar-refractivity contribution >= 4 is 38.3 Å². The average Bonchev–Trinajstić information content (AvgIpc) is 3.42. The topological polar surface area (TPSA) is 152 Å². The first-order valence-corrected chi connectivity index (χ1v) is 12.5. The number of carbonyl (C=O) groups is 2. The van der Waals surface area contributed by atoms with E-state index in [1.54, 1.807) is 22.4 Å². The number of rotatable bonds is 8. The minimum atomic E-state index is -3.67. The van der Waals surface area contributed by atoms with Crippen molar-refractivity contribution in [2.24, 2.45) is 0 Å². The molecule has 1 amide bonds. The predicted molar refractivity (Wildman–Crippen MR) is 121 cm³/mol. The molecule has 32 heavy (non-hydrogen) atoms. The molecule has 1 aromatic heterocycles. The van der Waals surface area contributed by atoms with Gasteiger partial charge in [0.05, 0.1) is 18.9 Å². The number of carbonyl (C=O) groups excluding carboxylic acids is 2. The second-order valence-electron chi connectivity index (χ2n) is 6.94. The number of amides is 1. The van der Waals surface area contributed by atoms with Crippen LogP contribution in [0.3, 0.4) is 0 Å². The van der Waals surface area contributed by atoms with Gasteiger partial charge in [-0.1, -0.05) is 30.3 Å². The molecule has 1 fully saturated rings. The average molecular weight is 480 g/mol. The van der Waals surface area contributed by atoms with Crippen molar-refractivity contribution in [3.63, 3.8) is 0 Å². The number of likely N-dealkylation sites (tertiary alicyclic amines) is 1. The lowest BCUT2D eigenvalue weighted by Gasteiger charge is -2.19. The Bertz CT molecular complexity index is 1040. The summed E-state index contributed by atoms with van der Waals surface area (Å²) in [7, 11) is -3.67. The Hall–Kier alpha value is -2.85. The number of thiazole rings is 1. The van der Waals surface area contributed by atoms with Crippen LogP contribution in [0, 0.1) is 11.3 Å². The van der Waals surface area contributed by atoms with Crippen molar-refractivity contribution in [3.05, 3.63) is 47.0 Å². The maximum absolute atomic E-state index is 12.3. The van der Waals surface area contributed by atoms with E-state index in [4.69, 9.17) is 9.81 Å². The molecule has 1 aromatic carbocycles. The highest BCUT2D eigenvalue weighted by molar-refractivity contribution is 7.85. The normalized spacial score (nSPS) is 15.4. The summed E-state index contributed by atoms with van der Waals surface area (Å²) in [5, 5.41) is 17.7. The summed E-state index contributed by atoms with van der Waals surface area (Å²) in [4.78, 5) is 30.4. The monoisotopic (exact) mass is 479 g/mol. The van der Waals surface area contributed by atoms with E-state index in [1.807, 2.05) is 18.2 Å². The quantitative estimate of drug-likeness (QED) is 0.290. The second-order valence-corrected chi connectivity index (χ2v) is 9.27. The van der Waals surface area contributed by atoms with E-state index in [1.165, 1.54) is 11.3 Å². The van der Waals surface area contributed by atoms with Gasteiger partial charge < -0.3 is 15.5 Å². The molecule has 1 aliphatic heterocycles. The zero-order valence-corrected chi connectivity index (χ0v) is 19.2. The van der Waals surface area contributed by atoms with E-state index in [0.717, 1.165) is 12.8 Å². The summed E-state index contributed by atoms with van der Waals surface area (Å²) in [6.45, 7) is 2.05. The molecule has 1 saturated heterocycles. The number of hydrogen-bond acceptors (Lipinski definition) is 9. The lowest BCUT2D eigenvalue weighted by molar-refractivity contribution is -0.130. The zero-order valence-electron chi connectivity index (χ0n) is 17.5. The first kappa shape index (κ1) is 25.4. The molecule has 0 aliphatic carbocycles. The fraction of sp³-hybridized carbons (Fsp3) is 0.400. The third-order valence-corrected chi connectivity index (χ3v) is 5.15. The van der Waals surface area contributed by atoms with Crippen molar-refractivity contribution in [2.45, 2.75) is 18.9 Å². The van der Waals surface area contributed by atoms with Gasteiger partial charge in [0, 0.05) is 30.6 Å². The highest BCUT2D eigenvalue weighted by Crippen LogP contribution is 2.18. The van der Waals surface area contributed by atoms with Crippen LogP contribution in [0.15, 0.2) is 35.7 Å². The summed E-state index contributed by atoms with van der Waals surface area (Å²) >= 11 is 1.38. The highest BCUT2D eigenvalue weighted by Gasteiger charge is 2.27. The third-order valence-electron chi connectivity index (χ3n) is 4.35. The smallest absolute Gasteiger partial charge is 0.261 e. The summed E-state index contributed by atoms with van der Waals surface area (Å²) in [6, 6.07) is 10.9. The van der Waals surface area contributed by atoms with Gasteiger partial charge in [-0.25, -0.2) is 4.98 Å². The molecule has 3 N–H and O–H groups in total. The van der Waals surface area contributed by atoms with E-state index >= 15 is 0 Å². The molecule has 10 nitrogen and oxygen atoms in total. The van der Waals surface area contributed by atoms with Crippen LogP contribution in [-0.2, 0) is 14.9 Å². The van der Waals surface area contributed by atoms with Crippen LogP contribution in [0.25, 0.3) is 0 Å². The van der Waals surface area contributed by atoms with Gasteiger partial charge in [-0.05, 0) is 12.8 Å². The van der Waals surface area contributed by atoms with Gasteiger partial charge in [0.15, 0.2) is 5.13 Å². The summed E-state index contributed by atoms with van der Waals surface area (Å²) in [6.07, 6.45) is 2.37. The van der Waals surface area contributed by atoms with Crippen LogP contribution in [0.2, 0.25) is 0 Å². The third kappa shape index (κ3) is 8.72. The van der Waals surface area contributed by atoms with E-state index in [0.29, 0.717) is 42.3 Å². The van der Waals surface area contributed by atoms with Gasteiger partial charge in [-0.3, -0.25) is 14.1 Å². The minimum Gasteiger partial charge on any atom is -0.360 e. The fourth-order valence-corrected chi connectivity index (χ4v) is 3.67. The molecule has 0 saturated carbocycles. The molecule has 0 bridgehead atoms. The van der Waals surface area contributed by atoms with Gasteiger partial charge in [-0.15, -0.1) is 11.3 Å². The SMILES string of the molecule is CS(=O)(=O)O.N#C[C@@H]1CCCN1C(=O)CNCCNc1nc(C(=O)c2ccccc2)cs1. The molecule has 1 atom stereocenters. The molecule has 3 rings (SSSR count). The van der Waals surface area contributed by atoms with Gasteiger partial charge >= 0.3 is 0 Å². The van der Waals surface area contributed by atoms with Crippen LogP contribution in [0.5, 0.6) is 0 Å². The van der Waals surface area contributed by atoms with Gasteiger partial charge in [0.1, 0.15) is 11.7 Å². The maximum Gasteiger partial charge on any atom is 0.261 e. The van der Waals surface area contributed by atoms with Crippen molar-refractivity contribution < 1.29 is 22.6 Å². The Balaban J connectivity index is 0.000000654. The van der Waals surface area contributed by atoms with Gasteiger partial charge in [-0.2, -0.15) is 13.7 Å². The molecule has 0 spiro atoms. The van der Waals surface area contributed by atoms with Crippen molar-refractivity contribution in [1.82, 2.24) is 15.2 Å². The largest absolute Gasteiger partial charge is 0.360 e. The van der Waals surface area contributed by atoms with Gasteiger partial charge in [0.2, 0.25) is 11.7 Å². The zero-order chi connectivity index (χ0) is 23.6. The molecule has 0 unspecified atom stereocenters. The molecule has 0 radical (unpaired) electrons.